The van der Waals surface area contributed by atoms with Crippen molar-refractivity contribution in [1.82, 2.24) is 14.3 Å². The number of thiazole rings is 1. The van der Waals surface area contributed by atoms with Gasteiger partial charge in [-0.05, 0) is 44.0 Å². The van der Waals surface area contributed by atoms with Crippen LogP contribution in [0.25, 0.3) is 10.2 Å². The highest BCUT2D eigenvalue weighted by molar-refractivity contribution is 7.16. The summed E-state index contributed by atoms with van der Waals surface area (Å²) in [5.41, 5.74) is 4.87. The molecule has 25 heavy (non-hydrogen) atoms. The third kappa shape index (κ3) is 3.29. The molecule has 0 fully saturated rings. The van der Waals surface area contributed by atoms with Crippen LogP contribution >= 0.6 is 11.3 Å². The third-order valence-electron chi connectivity index (χ3n) is 4.34. The number of aryl methyl sites for hydroxylation is 4. The van der Waals surface area contributed by atoms with Gasteiger partial charge in [0.15, 0.2) is 4.80 Å². The predicted molar refractivity (Wildman–Crippen MR) is 99.0 cm³/mol. The Morgan fingerprint density at radius 1 is 1.24 bits per heavy atom. The first-order chi connectivity index (χ1) is 11.9. The smallest absolute Gasteiger partial charge is 0.298 e. The van der Waals surface area contributed by atoms with Crippen molar-refractivity contribution in [3.05, 3.63) is 45.5 Å². The molecule has 0 spiro atoms. The van der Waals surface area contributed by atoms with Crippen LogP contribution in [-0.2, 0) is 18.3 Å². The minimum atomic E-state index is -0.274. The Kier molecular flexibility index (Phi) is 4.87. The Hall–Kier alpha value is -2.25. The molecule has 0 aliphatic heterocycles. The molecule has 0 bridgehead atoms. The second-order valence-electron chi connectivity index (χ2n) is 6.15. The molecular weight excluding hydrogens is 336 g/mol. The van der Waals surface area contributed by atoms with Crippen LogP contribution in [-0.4, -0.2) is 34.0 Å². The molecule has 6 nitrogen and oxygen atoms in total. The second-order valence-corrected chi connectivity index (χ2v) is 7.16. The number of carbonyl (C=O) groups is 1. The fourth-order valence-corrected chi connectivity index (χ4v) is 3.93. The Balaban J connectivity index is 2.18. The highest BCUT2D eigenvalue weighted by Gasteiger charge is 2.15. The molecule has 1 amide bonds. The number of benzene rings is 1. The second kappa shape index (κ2) is 6.93. The maximum absolute atomic E-state index is 12.7. The zero-order valence-corrected chi connectivity index (χ0v) is 16.0. The Morgan fingerprint density at radius 3 is 2.60 bits per heavy atom. The standard InChI is InChI=1S/C18H22N4O2S/c1-11-8-14-15(9-12(11)2)25-18(22(14)6-7-24-5)20-17(23)16-13(3)10-19-21(16)4/h8-10H,6-7H2,1-5H3. The quantitative estimate of drug-likeness (QED) is 0.720. The van der Waals surface area contributed by atoms with E-state index >= 15 is 0 Å². The van der Waals surface area contributed by atoms with E-state index in [1.807, 2.05) is 6.92 Å². The molecule has 0 radical (unpaired) electrons. The van der Waals surface area contributed by atoms with E-state index < -0.39 is 0 Å². The third-order valence-corrected chi connectivity index (χ3v) is 5.38. The number of hydrogen-bond donors (Lipinski definition) is 0. The van der Waals surface area contributed by atoms with Crippen molar-refractivity contribution in [3.8, 4) is 0 Å². The monoisotopic (exact) mass is 358 g/mol. The van der Waals surface area contributed by atoms with Gasteiger partial charge in [-0.25, -0.2) is 0 Å². The average molecular weight is 358 g/mol. The van der Waals surface area contributed by atoms with Crippen LogP contribution in [0.2, 0.25) is 0 Å². The highest BCUT2D eigenvalue weighted by atomic mass is 32.1. The van der Waals surface area contributed by atoms with Gasteiger partial charge in [0.1, 0.15) is 5.69 Å². The topological polar surface area (TPSA) is 61.4 Å². The van der Waals surface area contributed by atoms with Gasteiger partial charge in [0.05, 0.1) is 23.0 Å². The van der Waals surface area contributed by atoms with E-state index in [1.165, 1.54) is 22.5 Å². The SMILES string of the molecule is COCCn1c(=NC(=O)c2c(C)cnn2C)sc2cc(C)c(C)cc21. The van der Waals surface area contributed by atoms with Crippen LogP contribution in [0.1, 0.15) is 27.2 Å². The van der Waals surface area contributed by atoms with Gasteiger partial charge >= 0.3 is 0 Å². The minimum Gasteiger partial charge on any atom is -0.383 e. The van der Waals surface area contributed by atoms with Gasteiger partial charge in [0.2, 0.25) is 0 Å². The molecular formula is C18H22N4O2S. The van der Waals surface area contributed by atoms with Crippen LogP contribution in [0.4, 0.5) is 0 Å². The van der Waals surface area contributed by atoms with E-state index in [1.54, 1.807) is 25.0 Å². The van der Waals surface area contributed by atoms with E-state index in [0.717, 1.165) is 15.8 Å². The van der Waals surface area contributed by atoms with Crippen molar-refractivity contribution in [1.29, 1.82) is 0 Å². The van der Waals surface area contributed by atoms with Crippen LogP contribution < -0.4 is 4.80 Å². The molecule has 132 valence electrons. The van der Waals surface area contributed by atoms with Gasteiger partial charge in [-0.2, -0.15) is 10.1 Å². The molecule has 0 saturated heterocycles. The highest BCUT2D eigenvalue weighted by Crippen LogP contribution is 2.22. The predicted octanol–water partition coefficient (Wildman–Crippen LogP) is 2.75. The van der Waals surface area contributed by atoms with Crippen molar-refractivity contribution in [3.63, 3.8) is 0 Å². The number of amides is 1. The lowest BCUT2D eigenvalue weighted by atomic mass is 10.1. The first-order valence-corrected chi connectivity index (χ1v) is 8.91. The summed E-state index contributed by atoms with van der Waals surface area (Å²) in [4.78, 5) is 17.8. The van der Waals surface area contributed by atoms with Gasteiger partial charge in [0.25, 0.3) is 5.91 Å². The first-order valence-electron chi connectivity index (χ1n) is 8.09. The number of rotatable bonds is 4. The number of nitrogens with zero attached hydrogens (tertiary/aromatic N) is 4. The van der Waals surface area contributed by atoms with E-state index in [9.17, 15) is 4.79 Å². The fourth-order valence-electron chi connectivity index (χ4n) is 2.80. The molecule has 0 aliphatic carbocycles. The van der Waals surface area contributed by atoms with Crippen LogP contribution in [0.5, 0.6) is 0 Å². The Morgan fingerprint density at radius 2 is 1.96 bits per heavy atom. The molecule has 0 aliphatic rings. The van der Waals surface area contributed by atoms with Gasteiger partial charge in [-0.1, -0.05) is 11.3 Å². The molecule has 3 aromatic rings. The first kappa shape index (κ1) is 17.6. The van der Waals surface area contributed by atoms with E-state index in [2.05, 4.69) is 40.6 Å². The Bertz CT molecular complexity index is 991. The molecule has 0 saturated carbocycles. The molecule has 3 rings (SSSR count). The van der Waals surface area contributed by atoms with Crippen LogP contribution in [0.15, 0.2) is 23.3 Å². The van der Waals surface area contributed by atoms with Gasteiger partial charge in [-0.15, -0.1) is 0 Å². The van der Waals surface area contributed by atoms with Gasteiger partial charge < -0.3 is 9.30 Å². The lowest BCUT2D eigenvalue weighted by molar-refractivity contribution is 0.0988. The van der Waals surface area contributed by atoms with E-state index in [-0.39, 0.29) is 5.91 Å². The lowest BCUT2D eigenvalue weighted by Crippen LogP contribution is -2.20. The summed E-state index contributed by atoms with van der Waals surface area (Å²) in [6, 6.07) is 4.30. The number of hydrogen-bond acceptors (Lipinski definition) is 4. The normalized spacial score (nSPS) is 12.3. The van der Waals surface area contributed by atoms with Crippen molar-refractivity contribution in [2.24, 2.45) is 12.0 Å². The summed E-state index contributed by atoms with van der Waals surface area (Å²) < 4.78 is 9.98. The summed E-state index contributed by atoms with van der Waals surface area (Å²) >= 11 is 1.52. The zero-order valence-electron chi connectivity index (χ0n) is 15.2. The fraction of sp³-hybridized carbons (Fsp3) is 0.389. The molecule has 0 atom stereocenters. The Labute approximate surface area is 150 Å². The summed E-state index contributed by atoms with van der Waals surface area (Å²) in [6.45, 7) is 7.26. The number of aromatic nitrogens is 3. The summed E-state index contributed by atoms with van der Waals surface area (Å²) in [5, 5.41) is 4.13. The van der Waals surface area contributed by atoms with E-state index in [4.69, 9.17) is 4.74 Å². The number of carbonyl (C=O) groups excluding carboxylic acids is 1. The van der Waals surface area contributed by atoms with Crippen LogP contribution in [0.3, 0.4) is 0 Å². The summed E-state index contributed by atoms with van der Waals surface area (Å²) in [5.74, 6) is -0.274. The summed E-state index contributed by atoms with van der Waals surface area (Å²) in [7, 11) is 3.43. The molecule has 2 aromatic heterocycles. The van der Waals surface area contributed by atoms with Crippen molar-refractivity contribution >= 4 is 27.5 Å². The zero-order chi connectivity index (χ0) is 18.1. The molecule has 0 N–H and O–H groups in total. The van der Waals surface area contributed by atoms with Crippen molar-refractivity contribution in [2.75, 3.05) is 13.7 Å². The lowest BCUT2D eigenvalue weighted by Gasteiger charge is -2.06. The van der Waals surface area contributed by atoms with Gasteiger partial charge in [0, 0.05) is 26.3 Å². The average Bonchev–Trinajstić information content (AvgIpc) is 3.05. The van der Waals surface area contributed by atoms with Crippen molar-refractivity contribution < 1.29 is 9.53 Å². The minimum absolute atomic E-state index is 0.274. The number of fused-ring (bicyclic) bond motifs is 1. The van der Waals surface area contributed by atoms with Gasteiger partial charge in [-0.3, -0.25) is 9.48 Å². The summed E-state index contributed by atoms with van der Waals surface area (Å²) in [6.07, 6.45) is 1.68. The van der Waals surface area contributed by atoms with E-state index in [0.29, 0.717) is 23.6 Å². The maximum Gasteiger partial charge on any atom is 0.298 e. The van der Waals surface area contributed by atoms with Crippen LogP contribution in [0, 0.1) is 20.8 Å². The molecule has 7 heteroatoms. The maximum atomic E-state index is 12.7. The molecule has 1 aromatic carbocycles. The molecule has 0 unspecified atom stereocenters. The number of methoxy groups -OCH3 is 1. The van der Waals surface area contributed by atoms with Crippen molar-refractivity contribution in [2.45, 2.75) is 27.3 Å². The number of ether oxygens (including phenoxy) is 1. The largest absolute Gasteiger partial charge is 0.383 e. The molecule has 2 heterocycles.